The van der Waals surface area contributed by atoms with Gasteiger partial charge in [-0.1, -0.05) is 17.8 Å². The van der Waals surface area contributed by atoms with E-state index in [9.17, 15) is 8.78 Å². The van der Waals surface area contributed by atoms with Gasteiger partial charge in [-0.15, -0.1) is 0 Å². The minimum Gasteiger partial charge on any atom is -0.497 e. The number of rotatable bonds is 4. The Hall–Kier alpha value is -1.85. The monoisotopic (exact) mass is 333 g/mol. The highest BCUT2D eigenvalue weighted by molar-refractivity contribution is 7.99. The molecule has 0 amide bonds. The van der Waals surface area contributed by atoms with Crippen molar-refractivity contribution in [3.05, 3.63) is 59.7 Å². The molecule has 0 unspecified atom stereocenters. The van der Waals surface area contributed by atoms with E-state index < -0.39 is 0 Å². The summed E-state index contributed by atoms with van der Waals surface area (Å²) in [5, 5.41) is 3.24. The molecule has 2 nitrogen and oxygen atoms in total. The minimum atomic E-state index is -0.344. The van der Waals surface area contributed by atoms with Crippen LogP contribution in [0.3, 0.4) is 0 Å². The fourth-order valence-electron chi connectivity index (χ4n) is 2.52. The third-order valence-electron chi connectivity index (χ3n) is 3.71. The third kappa shape index (κ3) is 3.74. The maximum Gasteiger partial charge on any atom is 0.140 e. The van der Waals surface area contributed by atoms with E-state index in [1.54, 1.807) is 18.2 Å². The highest BCUT2D eigenvalue weighted by Gasteiger charge is 2.14. The molecule has 120 valence electrons. The Bertz CT molecular complexity index is 746. The van der Waals surface area contributed by atoms with Gasteiger partial charge >= 0.3 is 0 Å². The van der Waals surface area contributed by atoms with Crippen LogP contribution >= 0.6 is 11.8 Å². The van der Waals surface area contributed by atoms with E-state index in [1.165, 1.54) is 37.1 Å². The van der Waals surface area contributed by atoms with E-state index in [0.717, 1.165) is 35.5 Å². The van der Waals surface area contributed by atoms with Crippen molar-refractivity contribution in [3.63, 3.8) is 0 Å². The van der Waals surface area contributed by atoms with Gasteiger partial charge in [0.1, 0.15) is 17.4 Å². The number of halogens is 2. The maximum absolute atomic E-state index is 14.2. The number of hydrogen-bond donors (Lipinski definition) is 1. The highest BCUT2D eigenvalue weighted by atomic mass is 32.2. The van der Waals surface area contributed by atoms with E-state index >= 15 is 0 Å². The van der Waals surface area contributed by atoms with Crippen molar-refractivity contribution in [3.8, 4) is 5.75 Å². The van der Waals surface area contributed by atoms with Crippen LogP contribution in [-0.4, -0.2) is 20.2 Å². The Balaban J connectivity index is 1.95. The Labute approximate surface area is 138 Å². The molecule has 0 aliphatic carbocycles. The summed E-state index contributed by atoms with van der Waals surface area (Å²) in [6, 6.07) is 9.41. The largest absolute Gasteiger partial charge is 0.497 e. The molecule has 0 saturated heterocycles. The van der Waals surface area contributed by atoms with Crippen LogP contribution in [0, 0.1) is 11.6 Å². The second kappa shape index (κ2) is 7.15. The predicted octanol–water partition coefficient (Wildman–Crippen LogP) is 4.50. The fourth-order valence-corrected chi connectivity index (χ4v) is 3.48. The van der Waals surface area contributed by atoms with Crippen LogP contribution in [0.1, 0.15) is 12.0 Å². The van der Waals surface area contributed by atoms with E-state index in [2.05, 4.69) is 11.4 Å². The van der Waals surface area contributed by atoms with Gasteiger partial charge < -0.3 is 10.1 Å². The molecule has 5 heteroatoms. The molecular weight excluding hydrogens is 316 g/mol. The first-order valence-corrected chi connectivity index (χ1v) is 8.20. The van der Waals surface area contributed by atoms with Gasteiger partial charge in [0.05, 0.1) is 7.11 Å². The average molecular weight is 333 g/mol. The summed E-state index contributed by atoms with van der Waals surface area (Å²) < 4.78 is 32.9. The smallest absolute Gasteiger partial charge is 0.140 e. The molecule has 3 rings (SSSR count). The Morgan fingerprint density at radius 2 is 1.91 bits per heavy atom. The molecule has 0 saturated carbocycles. The molecule has 2 aromatic carbocycles. The average Bonchev–Trinajstić information content (AvgIpc) is 2.58. The highest BCUT2D eigenvalue weighted by Crippen LogP contribution is 2.37. The first-order valence-electron chi connectivity index (χ1n) is 7.38. The summed E-state index contributed by atoms with van der Waals surface area (Å²) in [6.07, 6.45) is 2.90. The lowest BCUT2D eigenvalue weighted by atomic mass is 10.0. The summed E-state index contributed by atoms with van der Waals surface area (Å²) in [5.74, 6) is -0.143. The zero-order valence-electron chi connectivity index (χ0n) is 12.7. The number of ether oxygens (including phenoxy) is 1. The summed E-state index contributed by atoms with van der Waals surface area (Å²) in [5.41, 5.74) is 1.94. The molecule has 0 aromatic heterocycles. The van der Waals surface area contributed by atoms with Crippen molar-refractivity contribution < 1.29 is 13.5 Å². The molecule has 1 aliphatic heterocycles. The zero-order valence-corrected chi connectivity index (χ0v) is 13.6. The van der Waals surface area contributed by atoms with E-state index in [-0.39, 0.29) is 11.6 Å². The van der Waals surface area contributed by atoms with Crippen molar-refractivity contribution in [1.82, 2.24) is 5.32 Å². The summed E-state index contributed by atoms with van der Waals surface area (Å²) in [4.78, 5) is 1.34. The Kier molecular flexibility index (Phi) is 4.98. The van der Waals surface area contributed by atoms with Crippen LogP contribution < -0.4 is 10.1 Å². The standard InChI is InChI=1S/C18H17F2NOS/c1-22-14-3-5-18(16(20)11-14)23-17-4-2-13(19)10-15(17)12-6-8-21-9-7-12/h2-6,10-11,21H,7-9H2,1H3. The van der Waals surface area contributed by atoms with Gasteiger partial charge in [-0.2, -0.15) is 0 Å². The summed E-state index contributed by atoms with van der Waals surface area (Å²) in [6.45, 7) is 1.64. The van der Waals surface area contributed by atoms with Gasteiger partial charge in [0.15, 0.2) is 0 Å². The lowest BCUT2D eigenvalue weighted by Gasteiger charge is -2.17. The summed E-state index contributed by atoms with van der Waals surface area (Å²) in [7, 11) is 1.50. The van der Waals surface area contributed by atoms with Gasteiger partial charge in [0.25, 0.3) is 0 Å². The first-order chi connectivity index (χ1) is 11.2. The van der Waals surface area contributed by atoms with Crippen molar-refractivity contribution in [2.75, 3.05) is 20.2 Å². The minimum absolute atomic E-state index is 0.279. The lowest BCUT2D eigenvalue weighted by molar-refractivity contribution is 0.410. The van der Waals surface area contributed by atoms with Crippen LogP contribution in [0.4, 0.5) is 8.78 Å². The normalized spacial score (nSPS) is 14.5. The molecule has 0 radical (unpaired) electrons. The van der Waals surface area contributed by atoms with Crippen LogP contribution in [0.2, 0.25) is 0 Å². The Morgan fingerprint density at radius 3 is 2.61 bits per heavy atom. The molecule has 0 fully saturated rings. The van der Waals surface area contributed by atoms with Crippen molar-refractivity contribution in [1.29, 1.82) is 0 Å². The fraction of sp³-hybridized carbons (Fsp3) is 0.222. The molecule has 0 bridgehead atoms. The van der Waals surface area contributed by atoms with Gasteiger partial charge in [0.2, 0.25) is 0 Å². The van der Waals surface area contributed by atoms with Crippen LogP contribution in [0.25, 0.3) is 5.57 Å². The number of methoxy groups -OCH3 is 1. The second-order valence-electron chi connectivity index (χ2n) is 5.22. The van der Waals surface area contributed by atoms with Crippen molar-refractivity contribution in [2.24, 2.45) is 0 Å². The molecule has 0 spiro atoms. The molecule has 0 atom stereocenters. The topological polar surface area (TPSA) is 21.3 Å². The molecule has 1 N–H and O–H groups in total. The van der Waals surface area contributed by atoms with Gasteiger partial charge in [-0.25, -0.2) is 8.78 Å². The molecule has 2 aromatic rings. The van der Waals surface area contributed by atoms with Gasteiger partial charge in [-0.05, 0) is 54.4 Å². The third-order valence-corrected chi connectivity index (χ3v) is 4.84. The zero-order chi connectivity index (χ0) is 16.2. The second-order valence-corrected chi connectivity index (χ2v) is 6.31. The lowest BCUT2D eigenvalue weighted by Crippen LogP contribution is -2.20. The summed E-state index contributed by atoms with van der Waals surface area (Å²) >= 11 is 1.30. The first kappa shape index (κ1) is 16.0. The van der Waals surface area contributed by atoms with Crippen LogP contribution in [0.5, 0.6) is 5.75 Å². The molecular formula is C18H17F2NOS. The molecule has 1 heterocycles. The number of hydrogen-bond acceptors (Lipinski definition) is 3. The van der Waals surface area contributed by atoms with Crippen molar-refractivity contribution >= 4 is 17.3 Å². The van der Waals surface area contributed by atoms with Gasteiger partial charge in [0, 0.05) is 22.4 Å². The predicted molar refractivity (Wildman–Crippen MR) is 88.9 cm³/mol. The van der Waals surface area contributed by atoms with Crippen LogP contribution in [0.15, 0.2) is 52.3 Å². The van der Waals surface area contributed by atoms with E-state index in [0.29, 0.717) is 10.6 Å². The van der Waals surface area contributed by atoms with Crippen LogP contribution in [-0.2, 0) is 0 Å². The van der Waals surface area contributed by atoms with E-state index in [4.69, 9.17) is 4.74 Å². The number of nitrogens with one attached hydrogen (secondary N) is 1. The quantitative estimate of drug-likeness (QED) is 0.890. The Morgan fingerprint density at radius 1 is 1.09 bits per heavy atom. The maximum atomic E-state index is 14.2. The van der Waals surface area contributed by atoms with E-state index in [1.807, 2.05) is 0 Å². The van der Waals surface area contributed by atoms with Gasteiger partial charge in [-0.3, -0.25) is 0 Å². The SMILES string of the molecule is COc1ccc(Sc2ccc(F)cc2C2=CCNCC2)c(F)c1. The molecule has 1 aliphatic rings. The number of benzene rings is 2. The van der Waals surface area contributed by atoms with Crippen molar-refractivity contribution in [2.45, 2.75) is 16.2 Å². The molecule has 23 heavy (non-hydrogen) atoms.